The molecule has 1 aromatic rings. The number of aromatic nitrogens is 1. The van der Waals surface area contributed by atoms with Gasteiger partial charge in [0, 0.05) is 0 Å². The Morgan fingerprint density at radius 2 is 1.81 bits per heavy atom. The molecule has 1 aromatic heterocycles. The Morgan fingerprint density at radius 1 is 1.25 bits per heavy atom. The molecular weight excluding hydrogens is 369 g/mol. The molecule has 1 rings (SSSR count). The second kappa shape index (κ2) is 4.82. The topological polar surface area (TPSA) is 22.1 Å². The van der Waals surface area contributed by atoms with Crippen LogP contribution in [0.1, 0.15) is 5.69 Å². The molecule has 9 heteroatoms. The smallest absolute Gasteiger partial charge is 0.431 e. The summed E-state index contributed by atoms with van der Waals surface area (Å²) in [7, 11) is 0. The maximum atomic E-state index is 12.2. The van der Waals surface area contributed by atoms with Crippen LogP contribution in [0.15, 0.2) is 15.1 Å². The highest BCUT2D eigenvalue weighted by molar-refractivity contribution is 9.11. The first kappa shape index (κ1) is 13.6. The highest BCUT2D eigenvalue weighted by Crippen LogP contribution is 2.38. The number of alkyl halides is 5. The Morgan fingerprint density at radius 3 is 2.19 bits per heavy atom. The molecule has 0 N–H and O–H groups in total. The number of hydrogen-bond acceptors (Lipinski definition) is 2. The maximum absolute atomic E-state index is 12.2. The Balaban J connectivity index is 3.18. The lowest BCUT2D eigenvalue weighted by Gasteiger charge is -2.11. The van der Waals surface area contributed by atoms with E-state index in [0.29, 0.717) is 6.07 Å². The largest absolute Gasteiger partial charge is 0.433 e. The average Bonchev–Trinajstić information content (AvgIpc) is 2.09. The molecule has 90 valence electrons. The highest BCUT2D eigenvalue weighted by atomic mass is 79.9. The van der Waals surface area contributed by atoms with Crippen LogP contribution in [0.5, 0.6) is 5.75 Å². The van der Waals surface area contributed by atoms with Crippen molar-refractivity contribution in [2.45, 2.75) is 12.8 Å². The van der Waals surface area contributed by atoms with Crippen molar-refractivity contribution in [1.29, 1.82) is 0 Å². The predicted molar refractivity (Wildman–Crippen MR) is 51.3 cm³/mol. The second-order valence-corrected chi connectivity index (χ2v) is 4.09. The van der Waals surface area contributed by atoms with E-state index in [-0.39, 0.29) is 4.47 Å². The zero-order valence-corrected chi connectivity index (χ0v) is 10.3. The number of hydrogen-bond donors (Lipinski definition) is 0. The molecule has 0 spiro atoms. The molecule has 0 aliphatic rings. The SMILES string of the molecule is FC(F)Oc1c(Br)cc(C(F)(F)F)nc1Br. The molecule has 0 unspecified atom stereocenters. The lowest BCUT2D eigenvalue weighted by molar-refractivity contribution is -0.141. The summed E-state index contributed by atoms with van der Waals surface area (Å²) >= 11 is 5.31. The zero-order valence-electron chi connectivity index (χ0n) is 7.16. The van der Waals surface area contributed by atoms with Crippen molar-refractivity contribution in [2.75, 3.05) is 0 Å². The number of halogens is 7. The van der Waals surface area contributed by atoms with E-state index < -0.39 is 28.8 Å². The van der Waals surface area contributed by atoms with E-state index in [1.165, 1.54) is 0 Å². The van der Waals surface area contributed by atoms with E-state index >= 15 is 0 Å². The van der Waals surface area contributed by atoms with Crippen LogP contribution in [0.2, 0.25) is 0 Å². The van der Waals surface area contributed by atoms with Crippen LogP contribution in [0, 0.1) is 0 Å². The van der Waals surface area contributed by atoms with Crippen molar-refractivity contribution in [3.8, 4) is 5.75 Å². The number of ether oxygens (including phenoxy) is 1. The molecule has 0 radical (unpaired) electrons. The molecule has 0 fully saturated rings. The van der Waals surface area contributed by atoms with Crippen molar-refractivity contribution in [2.24, 2.45) is 0 Å². The van der Waals surface area contributed by atoms with E-state index in [1.54, 1.807) is 0 Å². The first-order chi connectivity index (χ1) is 7.21. The molecule has 0 bridgehead atoms. The van der Waals surface area contributed by atoms with Crippen LogP contribution in [-0.4, -0.2) is 11.6 Å². The summed E-state index contributed by atoms with van der Waals surface area (Å²) in [5, 5.41) is 0. The average molecular weight is 371 g/mol. The fourth-order valence-electron chi connectivity index (χ4n) is 0.812. The van der Waals surface area contributed by atoms with Gasteiger partial charge in [-0.15, -0.1) is 0 Å². The van der Waals surface area contributed by atoms with Gasteiger partial charge in [-0.3, -0.25) is 0 Å². The summed E-state index contributed by atoms with van der Waals surface area (Å²) in [6, 6.07) is 0.558. The molecule has 0 aliphatic carbocycles. The third-order valence-electron chi connectivity index (χ3n) is 1.38. The Labute approximate surface area is 103 Å². The molecule has 0 atom stereocenters. The van der Waals surface area contributed by atoms with Crippen molar-refractivity contribution in [3.63, 3.8) is 0 Å². The van der Waals surface area contributed by atoms with E-state index in [9.17, 15) is 22.0 Å². The lowest BCUT2D eigenvalue weighted by atomic mass is 10.3. The standard InChI is InChI=1S/C7H2Br2F5NO/c8-2-1-3(7(12,13)14)15-5(9)4(2)16-6(10)11/h1,6H. The molecule has 0 amide bonds. The van der Waals surface area contributed by atoms with Crippen molar-refractivity contribution < 1.29 is 26.7 Å². The summed E-state index contributed by atoms with van der Waals surface area (Å²) in [4.78, 5) is 3.06. The lowest BCUT2D eigenvalue weighted by Crippen LogP contribution is -2.10. The van der Waals surface area contributed by atoms with Gasteiger partial charge in [0.15, 0.2) is 5.75 Å². The molecule has 0 aliphatic heterocycles. The summed E-state index contributed by atoms with van der Waals surface area (Å²) in [5.41, 5.74) is -1.21. The van der Waals surface area contributed by atoms with Crippen molar-refractivity contribution >= 4 is 31.9 Å². The van der Waals surface area contributed by atoms with Crippen molar-refractivity contribution in [3.05, 3.63) is 20.8 Å². The maximum Gasteiger partial charge on any atom is 0.433 e. The van der Waals surface area contributed by atoms with Gasteiger partial charge in [0.2, 0.25) is 0 Å². The molecule has 0 saturated carbocycles. The number of pyridine rings is 1. The summed E-state index contributed by atoms with van der Waals surface area (Å²) in [6.07, 6.45) is -4.66. The fourth-order valence-corrected chi connectivity index (χ4v) is 2.07. The van der Waals surface area contributed by atoms with Crippen LogP contribution in [0.3, 0.4) is 0 Å². The Bertz CT molecular complexity index is 372. The molecular formula is C7H2Br2F5NO. The Hall–Kier alpha value is -0.440. The summed E-state index contributed by atoms with van der Waals surface area (Å²) in [6.45, 7) is -3.15. The third-order valence-corrected chi connectivity index (χ3v) is 2.51. The van der Waals surface area contributed by atoms with E-state index in [2.05, 4.69) is 41.6 Å². The summed E-state index contributed by atoms with van der Waals surface area (Å²) in [5.74, 6) is -0.483. The predicted octanol–water partition coefficient (Wildman–Crippen LogP) is 4.23. The van der Waals surface area contributed by atoms with Gasteiger partial charge in [-0.25, -0.2) is 4.98 Å². The molecule has 0 saturated heterocycles. The third kappa shape index (κ3) is 3.27. The molecule has 1 heterocycles. The van der Waals surface area contributed by atoms with E-state index in [0.717, 1.165) is 0 Å². The van der Waals surface area contributed by atoms with Gasteiger partial charge in [-0.2, -0.15) is 22.0 Å². The summed E-state index contributed by atoms with van der Waals surface area (Å²) < 4.78 is 63.8. The first-order valence-electron chi connectivity index (χ1n) is 3.60. The van der Waals surface area contributed by atoms with E-state index in [4.69, 9.17) is 0 Å². The van der Waals surface area contributed by atoms with Crippen LogP contribution < -0.4 is 4.74 Å². The van der Waals surface area contributed by atoms with Gasteiger partial charge < -0.3 is 4.74 Å². The monoisotopic (exact) mass is 369 g/mol. The normalized spacial score (nSPS) is 12.0. The number of nitrogens with zero attached hydrogens (tertiary/aromatic N) is 1. The van der Waals surface area contributed by atoms with Crippen LogP contribution in [-0.2, 0) is 6.18 Å². The van der Waals surface area contributed by atoms with Crippen LogP contribution in [0.25, 0.3) is 0 Å². The Kier molecular flexibility index (Phi) is 4.11. The van der Waals surface area contributed by atoms with Gasteiger partial charge in [0.25, 0.3) is 0 Å². The minimum absolute atomic E-state index is 0.262. The highest BCUT2D eigenvalue weighted by Gasteiger charge is 2.34. The van der Waals surface area contributed by atoms with E-state index in [1.807, 2.05) is 0 Å². The minimum atomic E-state index is -4.66. The van der Waals surface area contributed by atoms with Gasteiger partial charge in [0.05, 0.1) is 4.47 Å². The number of rotatable bonds is 2. The minimum Gasteiger partial charge on any atom is -0.431 e. The zero-order chi connectivity index (χ0) is 12.5. The molecule has 16 heavy (non-hydrogen) atoms. The van der Waals surface area contributed by atoms with Crippen LogP contribution >= 0.6 is 31.9 Å². The fraction of sp³-hybridized carbons (Fsp3) is 0.286. The van der Waals surface area contributed by atoms with Gasteiger partial charge in [-0.1, -0.05) is 0 Å². The molecule has 0 aromatic carbocycles. The van der Waals surface area contributed by atoms with Crippen LogP contribution in [0.4, 0.5) is 22.0 Å². The van der Waals surface area contributed by atoms with Gasteiger partial charge in [-0.05, 0) is 37.9 Å². The van der Waals surface area contributed by atoms with Gasteiger partial charge in [0.1, 0.15) is 10.3 Å². The molecule has 2 nitrogen and oxygen atoms in total. The first-order valence-corrected chi connectivity index (χ1v) is 5.18. The van der Waals surface area contributed by atoms with Gasteiger partial charge >= 0.3 is 12.8 Å². The van der Waals surface area contributed by atoms with Crippen molar-refractivity contribution in [1.82, 2.24) is 4.98 Å². The second-order valence-electron chi connectivity index (χ2n) is 2.49. The quantitative estimate of drug-likeness (QED) is 0.574.